The Kier molecular flexibility index (Phi) is 4.50. The Balaban J connectivity index is 1.86. The van der Waals surface area contributed by atoms with Crippen LogP contribution in [0.15, 0.2) is 48.5 Å². The van der Waals surface area contributed by atoms with Crippen LogP contribution in [0.25, 0.3) is 0 Å². The Hall–Kier alpha value is -2.89. The molecule has 2 rings (SSSR count). The van der Waals surface area contributed by atoms with Gasteiger partial charge in [0.25, 0.3) is 0 Å². The van der Waals surface area contributed by atoms with Crippen molar-refractivity contribution < 1.29 is 14.0 Å². The summed E-state index contributed by atoms with van der Waals surface area (Å²) in [7, 11) is 0. The van der Waals surface area contributed by atoms with Crippen LogP contribution in [0.5, 0.6) is 0 Å². The van der Waals surface area contributed by atoms with E-state index in [0.29, 0.717) is 11.3 Å². The van der Waals surface area contributed by atoms with E-state index in [-0.39, 0.29) is 12.4 Å². The van der Waals surface area contributed by atoms with Crippen molar-refractivity contribution in [3.05, 3.63) is 65.5 Å². The minimum absolute atomic E-state index is 0.283. The largest absolute Gasteiger partial charge is 0.366 e. The Morgan fingerprint density at radius 1 is 1.00 bits per heavy atom. The summed E-state index contributed by atoms with van der Waals surface area (Å²) in [5.74, 6) is -0.847. The summed E-state index contributed by atoms with van der Waals surface area (Å²) in [5.41, 5.74) is 6.82. The van der Waals surface area contributed by atoms with Gasteiger partial charge in [0.1, 0.15) is 5.82 Å². The Morgan fingerprint density at radius 3 is 2.19 bits per heavy atom. The zero-order valence-electron chi connectivity index (χ0n) is 11.1. The number of nitrogens with one attached hydrogen (secondary N) is 2. The lowest BCUT2D eigenvalue weighted by Crippen LogP contribution is -2.28. The molecule has 3 amide bonds. The SMILES string of the molecule is NC(=O)c1ccc(NC(=O)NCc2ccc(F)cc2)cc1. The van der Waals surface area contributed by atoms with Gasteiger partial charge in [-0.15, -0.1) is 0 Å². The summed E-state index contributed by atoms with van der Waals surface area (Å²) in [4.78, 5) is 22.6. The molecule has 0 atom stereocenters. The van der Waals surface area contributed by atoms with Crippen LogP contribution >= 0.6 is 0 Å². The molecule has 0 bridgehead atoms. The van der Waals surface area contributed by atoms with Crippen molar-refractivity contribution in [1.82, 2.24) is 5.32 Å². The molecule has 108 valence electrons. The van der Waals surface area contributed by atoms with Crippen molar-refractivity contribution in [2.75, 3.05) is 5.32 Å². The van der Waals surface area contributed by atoms with Crippen LogP contribution in [0.3, 0.4) is 0 Å². The molecule has 2 aromatic rings. The molecule has 5 nitrogen and oxygen atoms in total. The van der Waals surface area contributed by atoms with Gasteiger partial charge in [-0.25, -0.2) is 9.18 Å². The van der Waals surface area contributed by atoms with Crippen LogP contribution in [0.1, 0.15) is 15.9 Å². The van der Waals surface area contributed by atoms with Crippen molar-refractivity contribution in [3.63, 3.8) is 0 Å². The van der Waals surface area contributed by atoms with Gasteiger partial charge < -0.3 is 16.4 Å². The number of hydrogen-bond donors (Lipinski definition) is 3. The average Bonchev–Trinajstić information content (AvgIpc) is 2.47. The first-order valence-electron chi connectivity index (χ1n) is 6.24. The summed E-state index contributed by atoms with van der Waals surface area (Å²) in [6.45, 7) is 0.283. The van der Waals surface area contributed by atoms with Gasteiger partial charge in [-0.1, -0.05) is 12.1 Å². The van der Waals surface area contributed by atoms with E-state index >= 15 is 0 Å². The van der Waals surface area contributed by atoms with Crippen LogP contribution in [0.2, 0.25) is 0 Å². The van der Waals surface area contributed by atoms with Crippen LogP contribution in [0, 0.1) is 5.82 Å². The minimum atomic E-state index is -0.526. The highest BCUT2D eigenvalue weighted by Crippen LogP contribution is 2.09. The van der Waals surface area contributed by atoms with Gasteiger partial charge in [0.2, 0.25) is 5.91 Å². The maximum absolute atomic E-state index is 12.7. The van der Waals surface area contributed by atoms with Crippen molar-refractivity contribution in [3.8, 4) is 0 Å². The first kappa shape index (κ1) is 14.5. The minimum Gasteiger partial charge on any atom is -0.366 e. The molecule has 0 saturated heterocycles. The van der Waals surface area contributed by atoms with Crippen molar-refractivity contribution in [2.24, 2.45) is 5.73 Å². The number of hydrogen-bond acceptors (Lipinski definition) is 2. The molecule has 0 unspecified atom stereocenters. The summed E-state index contributed by atoms with van der Waals surface area (Å²) < 4.78 is 12.7. The summed E-state index contributed by atoms with van der Waals surface area (Å²) in [6, 6.07) is 11.7. The van der Waals surface area contributed by atoms with E-state index in [9.17, 15) is 14.0 Å². The van der Waals surface area contributed by atoms with Crippen LogP contribution in [-0.2, 0) is 6.54 Å². The van der Waals surface area contributed by atoms with E-state index in [1.807, 2.05) is 0 Å². The molecule has 2 aromatic carbocycles. The normalized spacial score (nSPS) is 9.95. The number of primary amides is 1. The number of rotatable bonds is 4. The van der Waals surface area contributed by atoms with E-state index in [4.69, 9.17) is 5.73 Å². The molecule has 0 fully saturated rings. The number of carbonyl (C=O) groups is 2. The van der Waals surface area contributed by atoms with E-state index in [0.717, 1.165) is 5.56 Å². The van der Waals surface area contributed by atoms with E-state index in [1.54, 1.807) is 24.3 Å². The molecule has 0 aliphatic rings. The molecule has 0 aliphatic heterocycles. The Morgan fingerprint density at radius 2 is 1.62 bits per heavy atom. The fraction of sp³-hybridized carbons (Fsp3) is 0.0667. The van der Waals surface area contributed by atoms with Gasteiger partial charge in [0, 0.05) is 17.8 Å². The fourth-order valence-corrected chi connectivity index (χ4v) is 1.68. The van der Waals surface area contributed by atoms with Crippen LogP contribution in [0.4, 0.5) is 14.9 Å². The third-order valence-electron chi connectivity index (χ3n) is 2.79. The number of urea groups is 1. The van der Waals surface area contributed by atoms with Gasteiger partial charge >= 0.3 is 6.03 Å². The number of benzene rings is 2. The molecule has 0 heterocycles. The molecular weight excluding hydrogens is 273 g/mol. The highest BCUT2D eigenvalue weighted by Gasteiger charge is 2.03. The monoisotopic (exact) mass is 287 g/mol. The lowest BCUT2D eigenvalue weighted by atomic mass is 10.2. The second-order valence-electron chi connectivity index (χ2n) is 4.38. The summed E-state index contributed by atoms with van der Waals surface area (Å²) >= 11 is 0. The highest BCUT2D eigenvalue weighted by molar-refractivity contribution is 5.94. The fourth-order valence-electron chi connectivity index (χ4n) is 1.68. The molecule has 0 spiro atoms. The lowest BCUT2D eigenvalue weighted by Gasteiger charge is -2.08. The first-order valence-corrected chi connectivity index (χ1v) is 6.24. The molecule has 0 aromatic heterocycles. The van der Waals surface area contributed by atoms with Gasteiger partial charge in [-0.2, -0.15) is 0 Å². The summed E-state index contributed by atoms with van der Waals surface area (Å²) in [6.07, 6.45) is 0. The van der Waals surface area contributed by atoms with Gasteiger partial charge in [0.15, 0.2) is 0 Å². The number of halogens is 1. The molecule has 0 radical (unpaired) electrons. The standard InChI is InChI=1S/C15H14FN3O2/c16-12-5-1-10(2-6-12)9-18-15(21)19-13-7-3-11(4-8-13)14(17)20/h1-8H,9H2,(H2,17,20)(H2,18,19,21). The molecular formula is C15H14FN3O2. The number of amides is 3. The number of nitrogens with two attached hydrogens (primary N) is 1. The van der Waals surface area contributed by atoms with Crippen molar-refractivity contribution in [1.29, 1.82) is 0 Å². The molecule has 4 N–H and O–H groups in total. The second kappa shape index (κ2) is 6.51. The zero-order chi connectivity index (χ0) is 15.2. The third kappa shape index (κ3) is 4.31. The maximum Gasteiger partial charge on any atom is 0.319 e. The molecule has 6 heteroatoms. The number of anilines is 1. The van der Waals surface area contributed by atoms with Crippen molar-refractivity contribution in [2.45, 2.75) is 6.54 Å². The zero-order valence-corrected chi connectivity index (χ0v) is 11.1. The molecule has 0 saturated carbocycles. The first-order chi connectivity index (χ1) is 10.0. The smallest absolute Gasteiger partial charge is 0.319 e. The van der Waals surface area contributed by atoms with E-state index < -0.39 is 11.9 Å². The van der Waals surface area contributed by atoms with E-state index in [1.165, 1.54) is 24.3 Å². The topological polar surface area (TPSA) is 84.2 Å². The Bertz CT molecular complexity index is 639. The van der Waals surface area contributed by atoms with Crippen molar-refractivity contribution >= 4 is 17.6 Å². The lowest BCUT2D eigenvalue weighted by molar-refractivity contribution is 0.100. The third-order valence-corrected chi connectivity index (χ3v) is 2.79. The number of carbonyl (C=O) groups excluding carboxylic acids is 2. The average molecular weight is 287 g/mol. The molecule has 0 aliphatic carbocycles. The van der Waals surface area contributed by atoms with Gasteiger partial charge in [-0.3, -0.25) is 4.79 Å². The van der Waals surface area contributed by atoms with E-state index in [2.05, 4.69) is 10.6 Å². The Labute approximate surface area is 121 Å². The quantitative estimate of drug-likeness (QED) is 0.805. The van der Waals surface area contributed by atoms with Crippen LogP contribution in [-0.4, -0.2) is 11.9 Å². The maximum atomic E-state index is 12.7. The summed E-state index contributed by atoms with van der Waals surface area (Å²) in [5, 5.41) is 5.25. The predicted octanol–water partition coefficient (Wildman–Crippen LogP) is 2.25. The molecule has 21 heavy (non-hydrogen) atoms. The highest BCUT2D eigenvalue weighted by atomic mass is 19.1. The van der Waals surface area contributed by atoms with Crippen LogP contribution < -0.4 is 16.4 Å². The predicted molar refractivity (Wildman–Crippen MR) is 77.2 cm³/mol. The van der Waals surface area contributed by atoms with Gasteiger partial charge in [-0.05, 0) is 42.0 Å². The second-order valence-corrected chi connectivity index (χ2v) is 4.38. The van der Waals surface area contributed by atoms with Gasteiger partial charge in [0.05, 0.1) is 0 Å².